The fraction of sp³-hybridized carbons (Fsp3) is 0.500. The average Bonchev–Trinajstić information content (AvgIpc) is 3.45. The van der Waals surface area contributed by atoms with E-state index in [0.29, 0.717) is 41.7 Å². The quantitative estimate of drug-likeness (QED) is 0.792. The number of carbonyl (C=O) groups is 1. The third-order valence-electron chi connectivity index (χ3n) is 5.44. The number of amides is 1. The molecule has 0 bridgehead atoms. The molecule has 0 N–H and O–H groups in total. The number of aryl methyl sites for hydroxylation is 1. The average molecular weight is 393 g/mol. The standard InChI is InChI=1S/C20H22F3N3O2/c1-13-17(19(27)26-10-2-9-25(11-12-26)16-7-8-16)18(24-28-13)14-3-5-15(6-4-14)20(21,22)23/h3-6,16H,2,7-12H2,1H3. The molecule has 1 aliphatic heterocycles. The lowest BCUT2D eigenvalue weighted by atomic mass is 10.0. The fourth-order valence-electron chi connectivity index (χ4n) is 3.74. The molecule has 2 fully saturated rings. The first-order valence-corrected chi connectivity index (χ1v) is 9.52. The second-order valence-corrected chi connectivity index (χ2v) is 7.45. The predicted octanol–water partition coefficient (Wildman–Crippen LogP) is 3.98. The lowest BCUT2D eigenvalue weighted by Crippen LogP contribution is -2.36. The van der Waals surface area contributed by atoms with Crippen LogP contribution < -0.4 is 0 Å². The zero-order valence-corrected chi connectivity index (χ0v) is 15.6. The van der Waals surface area contributed by atoms with Crippen LogP contribution in [0.25, 0.3) is 11.3 Å². The number of aromatic nitrogens is 1. The minimum Gasteiger partial charge on any atom is -0.360 e. The maximum Gasteiger partial charge on any atom is 0.416 e. The maximum atomic E-state index is 13.2. The third-order valence-corrected chi connectivity index (χ3v) is 5.44. The van der Waals surface area contributed by atoms with Gasteiger partial charge in [0.1, 0.15) is 17.0 Å². The van der Waals surface area contributed by atoms with Crippen LogP contribution in [0.4, 0.5) is 13.2 Å². The molecule has 0 atom stereocenters. The summed E-state index contributed by atoms with van der Waals surface area (Å²) in [6, 6.07) is 5.30. The molecule has 4 rings (SSSR count). The smallest absolute Gasteiger partial charge is 0.360 e. The summed E-state index contributed by atoms with van der Waals surface area (Å²) in [5.41, 5.74) is 0.318. The van der Waals surface area contributed by atoms with Crippen molar-refractivity contribution in [3.63, 3.8) is 0 Å². The fourth-order valence-corrected chi connectivity index (χ4v) is 3.74. The molecule has 1 saturated carbocycles. The predicted molar refractivity (Wildman–Crippen MR) is 96.8 cm³/mol. The minimum absolute atomic E-state index is 0.175. The molecule has 1 aromatic carbocycles. The molecule has 0 unspecified atom stereocenters. The van der Waals surface area contributed by atoms with Crippen LogP contribution in [0.1, 0.15) is 40.9 Å². The van der Waals surface area contributed by atoms with E-state index in [4.69, 9.17) is 4.52 Å². The molecule has 2 aromatic rings. The van der Waals surface area contributed by atoms with E-state index in [1.54, 1.807) is 11.8 Å². The summed E-state index contributed by atoms with van der Waals surface area (Å²) in [5, 5.41) is 3.96. The first kappa shape index (κ1) is 19.0. The molecular weight excluding hydrogens is 371 g/mol. The van der Waals surface area contributed by atoms with Crippen LogP contribution in [0.5, 0.6) is 0 Å². The van der Waals surface area contributed by atoms with Gasteiger partial charge < -0.3 is 9.42 Å². The Kier molecular flexibility index (Phi) is 4.91. The van der Waals surface area contributed by atoms with Crippen molar-refractivity contribution in [2.75, 3.05) is 26.2 Å². The van der Waals surface area contributed by atoms with Gasteiger partial charge in [0.2, 0.25) is 0 Å². The molecule has 2 heterocycles. The van der Waals surface area contributed by atoms with Crippen LogP contribution in [0.2, 0.25) is 0 Å². The number of benzene rings is 1. The zero-order valence-electron chi connectivity index (χ0n) is 15.6. The van der Waals surface area contributed by atoms with Crippen molar-refractivity contribution in [2.24, 2.45) is 0 Å². The van der Waals surface area contributed by atoms with Gasteiger partial charge in [0, 0.05) is 37.8 Å². The third kappa shape index (κ3) is 3.78. The number of halogens is 3. The molecule has 0 radical (unpaired) electrons. The van der Waals surface area contributed by atoms with Crippen LogP contribution in [-0.2, 0) is 6.18 Å². The van der Waals surface area contributed by atoms with Crippen LogP contribution in [0.3, 0.4) is 0 Å². The number of carbonyl (C=O) groups excluding carboxylic acids is 1. The summed E-state index contributed by atoms with van der Waals surface area (Å²) < 4.78 is 43.7. The van der Waals surface area contributed by atoms with Crippen molar-refractivity contribution >= 4 is 5.91 Å². The highest BCUT2D eigenvalue weighted by Gasteiger charge is 2.33. The molecule has 8 heteroatoms. The minimum atomic E-state index is -4.41. The lowest BCUT2D eigenvalue weighted by Gasteiger charge is -2.22. The second-order valence-electron chi connectivity index (χ2n) is 7.45. The van der Waals surface area contributed by atoms with Crippen LogP contribution in [0.15, 0.2) is 28.8 Å². The Bertz CT molecular complexity index is 857. The Morgan fingerprint density at radius 1 is 1.11 bits per heavy atom. The number of alkyl halides is 3. The van der Waals surface area contributed by atoms with E-state index >= 15 is 0 Å². The van der Waals surface area contributed by atoms with E-state index in [1.807, 2.05) is 0 Å². The van der Waals surface area contributed by atoms with Crippen molar-refractivity contribution in [1.82, 2.24) is 15.0 Å². The molecule has 150 valence electrons. The lowest BCUT2D eigenvalue weighted by molar-refractivity contribution is -0.137. The van der Waals surface area contributed by atoms with Crippen LogP contribution in [-0.4, -0.2) is 53.1 Å². The van der Waals surface area contributed by atoms with Gasteiger partial charge >= 0.3 is 6.18 Å². The van der Waals surface area contributed by atoms with Gasteiger partial charge in [-0.1, -0.05) is 17.3 Å². The largest absolute Gasteiger partial charge is 0.416 e. The topological polar surface area (TPSA) is 49.6 Å². The number of hydrogen-bond acceptors (Lipinski definition) is 4. The highest BCUT2D eigenvalue weighted by Crippen LogP contribution is 2.33. The van der Waals surface area contributed by atoms with Crippen molar-refractivity contribution < 1.29 is 22.5 Å². The van der Waals surface area contributed by atoms with Gasteiger partial charge in [0.15, 0.2) is 0 Å². The Labute approximate surface area is 161 Å². The summed E-state index contributed by atoms with van der Waals surface area (Å²) in [6.07, 6.45) is -1.04. The Morgan fingerprint density at radius 3 is 2.46 bits per heavy atom. The molecule has 2 aliphatic rings. The van der Waals surface area contributed by atoms with E-state index in [-0.39, 0.29) is 5.91 Å². The van der Waals surface area contributed by atoms with E-state index < -0.39 is 11.7 Å². The van der Waals surface area contributed by atoms with Crippen molar-refractivity contribution in [2.45, 2.75) is 38.4 Å². The summed E-state index contributed by atoms with van der Waals surface area (Å²) >= 11 is 0. The van der Waals surface area contributed by atoms with Crippen LogP contribution >= 0.6 is 0 Å². The number of rotatable bonds is 3. The molecule has 5 nitrogen and oxygen atoms in total. The first-order chi connectivity index (χ1) is 13.3. The summed E-state index contributed by atoms with van der Waals surface area (Å²) in [7, 11) is 0. The van der Waals surface area contributed by atoms with Gasteiger partial charge in [0.25, 0.3) is 5.91 Å². The van der Waals surface area contributed by atoms with Gasteiger partial charge in [-0.3, -0.25) is 9.69 Å². The highest BCUT2D eigenvalue weighted by molar-refractivity contribution is 6.00. The van der Waals surface area contributed by atoms with Gasteiger partial charge in [-0.2, -0.15) is 13.2 Å². The molecule has 28 heavy (non-hydrogen) atoms. The molecule has 1 aromatic heterocycles. The second kappa shape index (κ2) is 7.24. The van der Waals surface area contributed by atoms with Crippen LogP contribution in [0, 0.1) is 6.92 Å². The molecule has 1 saturated heterocycles. The Balaban J connectivity index is 1.56. The Hall–Kier alpha value is -2.35. The number of nitrogens with zero attached hydrogens (tertiary/aromatic N) is 3. The maximum absolute atomic E-state index is 13.2. The van der Waals surface area contributed by atoms with Gasteiger partial charge in [0.05, 0.1) is 5.56 Å². The zero-order chi connectivity index (χ0) is 19.9. The summed E-state index contributed by atoms with van der Waals surface area (Å²) in [4.78, 5) is 17.4. The number of hydrogen-bond donors (Lipinski definition) is 0. The summed E-state index contributed by atoms with van der Waals surface area (Å²) in [6.45, 7) is 4.77. The van der Waals surface area contributed by atoms with Crippen molar-refractivity contribution in [3.8, 4) is 11.3 Å². The van der Waals surface area contributed by atoms with Crippen molar-refractivity contribution in [3.05, 3.63) is 41.2 Å². The molecular formula is C20H22F3N3O2. The molecule has 1 amide bonds. The molecule has 0 spiro atoms. The first-order valence-electron chi connectivity index (χ1n) is 9.52. The SMILES string of the molecule is Cc1onc(-c2ccc(C(F)(F)F)cc2)c1C(=O)N1CCCN(C2CC2)CC1. The molecule has 1 aliphatic carbocycles. The van der Waals surface area contributed by atoms with E-state index in [1.165, 1.54) is 25.0 Å². The van der Waals surface area contributed by atoms with E-state index in [0.717, 1.165) is 31.6 Å². The van der Waals surface area contributed by atoms with Gasteiger partial charge in [-0.15, -0.1) is 0 Å². The van der Waals surface area contributed by atoms with Crippen molar-refractivity contribution in [1.29, 1.82) is 0 Å². The summed E-state index contributed by atoms with van der Waals surface area (Å²) in [5.74, 6) is 0.203. The Morgan fingerprint density at radius 2 is 1.82 bits per heavy atom. The van der Waals surface area contributed by atoms with Gasteiger partial charge in [-0.25, -0.2) is 0 Å². The normalized spacial score (nSPS) is 18.9. The van der Waals surface area contributed by atoms with E-state index in [2.05, 4.69) is 10.1 Å². The highest BCUT2D eigenvalue weighted by atomic mass is 19.4. The monoisotopic (exact) mass is 393 g/mol. The van der Waals surface area contributed by atoms with E-state index in [9.17, 15) is 18.0 Å². The van der Waals surface area contributed by atoms with Gasteiger partial charge in [-0.05, 0) is 38.3 Å².